The first-order valence-corrected chi connectivity index (χ1v) is 8.86. The number of hydrogen-bond acceptors (Lipinski definition) is 4. The molecule has 0 N–H and O–H groups in total. The van der Waals surface area contributed by atoms with Crippen molar-refractivity contribution in [3.8, 4) is 5.75 Å². The molecule has 5 nitrogen and oxygen atoms in total. The Kier molecular flexibility index (Phi) is 3.74. The molecule has 0 radical (unpaired) electrons. The van der Waals surface area contributed by atoms with Crippen LogP contribution in [-0.4, -0.2) is 24.2 Å². The Bertz CT molecular complexity index is 765. The molecule has 1 heterocycles. The largest absolute Gasteiger partial charge is 0.492 e. The van der Waals surface area contributed by atoms with Crippen LogP contribution < -0.4 is 9.64 Å². The third-order valence-corrected chi connectivity index (χ3v) is 5.67. The lowest BCUT2D eigenvalue weighted by molar-refractivity contribution is -0.124. The average molecular weight is 339 g/mol. The van der Waals surface area contributed by atoms with E-state index in [2.05, 4.69) is 12.2 Å². The third-order valence-electron chi connectivity index (χ3n) is 5.67. The zero-order valence-corrected chi connectivity index (χ0v) is 14.4. The SMILES string of the molecule is CCOc1ccc(C(C)=O)cc1N1C(=O)[C@@H]2[C@@H](C1=O)[C@H]1C=C[C@H]2CC1. The molecule has 1 aromatic carbocycles. The number of nitrogens with zero attached hydrogens (tertiary/aromatic N) is 1. The normalized spacial score (nSPS) is 29.9. The fourth-order valence-electron chi connectivity index (χ4n) is 4.50. The maximum atomic E-state index is 13.1. The van der Waals surface area contributed by atoms with Gasteiger partial charge in [-0.1, -0.05) is 12.2 Å². The minimum atomic E-state index is -0.272. The van der Waals surface area contributed by atoms with Crippen LogP contribution in [0.3, 0.4) is 0 Å². The van der Waals surface area contributed by atoms with Gasteiger partial charge in [-0.05, 0) is 56.7 Å². The van der Waals surface area contributed by atoms with Crippen LogP contribution in [0.2, 0.25) is 0 Å². The van der Waals surface area contributed by atoms with E-state index in [4.69, 9.17) is 4.74 Å². The van der Waals surface area contributed by atoms with Gasteiger partial charge >= 0.3 is 0 Å². The Hall–Kier alpha value is -2.43. The van der Waals surface area contributed by atoms with Crippen molar-refractivity contribution in [2.75, 3.05) is 11.5 Å². The van der Waals surface area contributed by atoms with Gasteiger partial charge in [0.1, 0.15) is 5.75 Å². The van der Waals surface area contributed by atoms with Crippen molar-refractivity contribution >= 4 is 23.3 Å². The molecule has 4 aliphatic rings. The van der Waals surface area contributed by atoms with Crippen molar-refractivity contribution in [2.45, 2.75) is 26.7 Å². The lowest BCUT2D eigenvalue weighted by Gasteiger charge is -2.38. The van der Waals surface area contributed by atoms with Gasteiger partial charge < -0.3 is 4.74 Å². The molecule has 1 saturated heterocycles. The van der Waals surface area contributed by atoms with Gasteiger partial charge in [0.2, 0.25) is 11.8 Å². The van der Waals surface area contributed by atoms with Gasteiger partial charge in [0.05, 0.1) is 24.1 Å². The first kappa shape index (κ1) is 16.1. The number of allylic oxidation sites excluding steroid dienone is 2. The Morgan fingerprint density at radius 3 is 2.20 bits per heavy atom. The first-order chi connectivity index (χ1) is 12.0. The predicted molar refractivity (Wildman–Crippen MR) is 92.4 cm³/mol. The van der Waals surface area contributed by atoms with Crippen LogP contribution in [-0.2, 0) is 9.59 Å². The summed E-state index contributed by atoms with van der Waals surface area (Å²) in [5, 5.41) is 0. The minimum absolute atomic E-state index is 0.109. The zero-order valence-electron chi connectivity index (χ0n) is 14.4. The molecule has 4 atom stereocenters. The Labute approximate surface area is 146 Å². The molecule has 1 aliphatic heterocycles. The van der Waals surface area contributed by atoms with Crippen LogP contribution in [0.25, 0.3) is 0 Å². The highest BCUT2D eigenvalue weighted by Crippen LogP contribution is 2.51. The lowest BCUT2D eigenvalue weighted by atomic mass is 9.63. The van der Waals surface area contributed by atoms with Gasteiger partial charge in [0.25, 0.3) is 0 Å². The van der Waals surface area contributed by atoms with E-state index in [0.717, 1.165) is 12.8 Å². The summed E-state index contributed by atoms with van der Waals surface area (Å²) in [6.07, 6.45) is 6.11. The summed E-state index contributed by atoms with van der Waals surface area (Å²) in [6, 6.07) is 4.95. The molecule has 3 aliphatic carbocycles. The smallest absolute Gasteiger partial charge is 0.238 e. The van der Waals surface area contributed by atoms with Crippen LogP contribution in [0.1, 0.15) is 37.0 Å². The molecule has 2 amide bonds. The van der Waals surface area contributed by atoms with E-state index >= 15 is 0 Å². The first-order valence-electron chi connectivity index (χ1n) is 8.86. The highest BCUT2D eigenvalue weighted by molar-refractivity contribution is 6.23. The standard InChI is InChI=1S/C20H21NO4/c1-3-25-16-9-8-14(11(2)22)10-15(16)21-19(23)17-12-4-5-13(7-6-12)18(17)20(21)24/h4-5,8-10,12-13,17-18H,3,6-7H2,1-2H3/t12-,13-,17-,18-/m0/s1. The number of anilines is 1. The predicted octanol–water partition coefficient (Wildman–Crippen LogP) is 2.99. The number of ether oxygens (including phenoxy) is 1. The topological polar surface area (TPSA) is 63.7 Å². The van der Waals surface area contributed by atoms with Crippen molar-refractivity contribution < 1.29 is 19.1 Å². The maximum absolute atomic E-state index is 13.1. The molecular formula is C20H21NO4. The molecule has 2 bridgehead atoms. The van der Waals surface area contributed by atoms with E-state index in [9.17, 15) is 14.4 Å². The van der Waals surface area contributed by atoms with Crippen molar-refractivity contribution in [3.05, 3.63) is 35.9 Å². The van der Waals surface area contributed by atoms with Gasteiger partial charge in [-0.2, -0.15) is 0 Å². The molecule has 1 saturated carbocycles. The molecule has 0 spiro atoms. The third kappa shape index (κ3) is 2.33. The molecule has 0 unspecified atom stereocenters. The van der Waals surface area contributed by atoms with Crippen LogP contribution in [0.5, 0.6) is 5.75 Å². The minimum Gasteiger partial charge on any atom is -0.492 e. The van der Waals surface area contributed by atoms with Crippen molar-refractivity contribution in [2.24, 2.45) is 23.7 Å². The van der Waals surface area contributed by atoms with Crippen LogP contribution in [0.4, 0.5) is 5.69 Å². The number of fused-ring (bicyclic) bond motifs is 1. The molecular weight excluding hydrogens is 318 g/mol. The van der Waals surface area contributed by atoms with Gasteiger partial charge in [0, 0.05) is 5.56 Å². The molecule has 130 valence electrons. The van der Waals surface area contributed by atoms with Crippen molar-refractivity contribution in [1.82, 2.24) is 0 Å². The highest BCUT2D eigenvalue weighted by atomic mass is 16.5. The fraction of sp³-hybridized carbons (Fsp3) is 0.450. The van der Waals surface area contributed by atoms with E-state index in [1.54, 1.807) is 18.2 Å². The van der Waals surface area contributed by atoms with E-state index in [0.29, 0.717) is 23.6 Å². The highest BCUT2D eigenvalue weighted by Gasteiger charge is 2.57. The summed E-state index contributed by atoms with van der Waals surface area (Å²) < 4.78 is 5.63. The summed E-state index contributed by atoms with van der Waals surface area (Å²) in [7, 11) is 0. The number of hydrogen-bond donors (Lipinski definition) is 0. The molecule has 0 aromatic heterocycles. The second-order valence-electron chi connectivity index (χ2n) is 7.03. The quantitative estimate of drug-likeness (QED) is 0.481. The van der Waals surface area contributed by atoms with Crippen LogP contribution in [0, 0.1) is 23.7 Å². The van der Waals surface area contributed by atoms with Crippen LogP contribution in [0.15, 0.2) is 30.4 Å². The van der Waals surface area contributed by atoms with Gasteiger partial charge in [-0.15, -0.1) is 0 Å². The molecule has 25 heavy (non-hydrogen) atoms. The summed E-state index contributed by atoms with van der Waals surface area (Å²) >= 11 is 0. The summed E-state index contributed by atoms with van der Waals surface area (Å²) in [5.74, 6) is -0.216. The Balaban J connectivity index is 1.79. The number of Topliss-reactive ketones (excluding diaryl/α,β-unsaturated/α-hetero) is 1. The second kappa shape index (κ2) is 5.83. The Morgan fingerprint density at radius 2 is 1.72 bits per heavy atom. The van der Waals surface area contributed by atoms with Crippen molar-refractivity contribution in [1.29, 1.82) is 0 Å². The van der Waals surface area contributed by atoms with Gasteiger partial charge in [-0.25, -0.2) is 4.90 Å². The van der Waals surface area contributed by atoms with E-state index in [1.165, 1.54) is 11.8 Å². The Morgan fingerprint density at radius 1 is 1.12 bits per heavy atom. The van der Waals surface area contributed by atoms with Gasteiger partial charge in [0.15, 0.2) is 5.78 Å². The molecule has 2 fully saturated rings. The molecule has 5 heteroatoms. The number of carbonyl (C=O) groups is 3. The second-order valence-corrected chi connectivity index (χ2v) is 7.03. The number of rotatable bonds is 4. The summed E-state index contributed by atoms with van der Waals surface area (Å²) in [5.41, 5.74) is 0.869. The van der Waals surface area contributed by atoms with E-state index < -0.39 is 0 Å². The molecule has 5 rings (SSSR count). The lowest BCUT2D eigenvalue weighted by Crippen LogP contribution is -2.38. The molecule has 1 aromatic rings. The number of amides is 2. The number of imide groups is 1. The van der Waals surface area contributed by atoms with Crippen molar-refractivity contribution in [3.63, 3.8) is 0 Å². The monoisotopic (exact) mass is 339 g/mol. The summed E-state index contributed by atoms with van der Waals surface area (Å²) in [4.78, 5) is 39.3. The summed E-state index contributed by atoms with van der Waals surface area (Å²) in [6.45, 7) is 3.74. The number of ketones is 1. The average Bonchev–Trinajstić information content (AvgIpc) is 2.90. The fourth-order valence-corrected chi connectivity index (χ4v) is 4.50. The maximum Gasteiger partial charge on any atom is 0.238 e. The van der Waals surface area contributed by atoms with Crippen LogP contribution >= 0.6 is 0 Å². The number of carbonyl (C=O) groups excluding carboxylic acids is 3. The van der Waals surface area contributed by atoms with E-state index in [-0.39, 0.29) is 41.3 Å². The van der Waals surface area contributed by atoms with E-state index in [1.807, 2.05) is 6.92 Å². The van der Waals surface area contributed by atoms with Gasteiger partial charge in [-0.3, -0.25) is 14.4 Å². The number of benzene rings is 1. The zero-order chi connectivity index (χ0) is 17.7.